The molecular weight excluding hydrogens is 382 g/mol. The van der Waals surface area contributed by atoms with Gasteiger partial charge in [-0.15, -0.1) is 11.8 Å². The van der Waals surface area contributed by atoms with Crippen LogP contribution in [0.3, 0.4) is 0 Å². The van der Waals surface area contributed by atoms with Gasteiger partial charge in [0.2, 0.25) is 11.8 Å². The molecule has 2 fully saturated rings. The number of hydrogen-bond acceptors (Lipinski definition) is 6. The van der Waals surface area contributed by atoms with Gasteiger partial charge in [0.15, 0.2) is 0 Å². The van der Waals surface area contributed by atoms with Gasteiger partial charge in [0.25, 0.3) is 0 Å². The van der Waals surface area contributed by atoms with E-state index in [-0.39, 0.29) is 34.7 Å². The van der Waals surface area contributed by atoms with Crippen LogP contribution in [0.25, 0.3) is 0 Å². The first-order chi connectivity index (χ1) is 13.3. The average molecular weight is 412 g/mol. The van der Waals surface area contributed by atoms with Crippen molar-refractivity contribution in [3.63, 3.8) is 0 Å². The Hall–Kier alpha value is -1.58. The maximum atomic E-state index is 12.4. The largest absolute Gasteiger partial charge is 0.477 e. The van der Waals surface area contributed by atoms with Gasteiger partial charge < -0.3 is 25.7 Å². The number of nitrogens with zero attached hydrogens (tertiary/aromatic N) is 1. The van der Waals surface area contributed by atoms with Crippen molar-refractivity contribution in [3.05, 3.63) is 10.6 Å². The molecule has 0 saturated carbocycles. The first-order valence-corrected chi connectivity index (χ1v) is 10.7. The van der Waals surface area contributed by atoms with Gasteiger partial charge in [-0.2, -0.15) is 0 Å². The number of rotatable bonds is 8. The van der Waals surface area contributed by atoms with E-state index in [1.54, 1.807) is 25.7 Å². The third kappa shape index (κ3) is 3.79. The minimum Gasteiger partial charge on any atom is -0.477 e. The Morgan fingerprint density at radius 1 is 1.43 bits per heavy atom. The highest BCUT2D eigenvalue weighted by molar-refractivity contribution is 8.03. The van der Waals surface area contributed by atoms with Gasteiger partial charge in [0.1, 0.15) is 5.70 Å². The Morgan fingerprint density at radius 3 is 2.75 bits per heavy atom. The summed E-state index contributed by atoms with van der Waals surface area (Å²) in [6.45, 7) is 4.31. The molecule has 0 aliphatic carbocycles. The van der Waals surface area contributed by atoms with Gasteiger partial charge in [-0.3, -0.25) is 9.59 Å². The van der Waals surface area contributed by atoms with Crippen molar-refractivity contribution in [1.29, 1.82) is 0 Å². The monoisotopic (exact) mass is 411 g/mol. The van der Waals surface area contributed by atoms with E-state index in [1.807, 2.05) is 6.92 Å². The summed E-state index contributed by atoms with van der Waals surface area (Å²) in [5, 5.41) is 25.9. The van der Waals surface area contributed by atoms with Gasteiger partial charge in [-0.25, -0.2) is 4.79 Å². The molecule has 0 aromatic carbocycles. The Bertz CT molecular complexity index is 695. The summed E-state index contributed by atoms with van der Waals surface area (Å²) in [5.74, 6) is -1.96. The highest BCUT2D eigenvalue weighted by Crippen LogP contribution is 2.51. The molecule has 0 aromatic rings. The number of carboxylic acids is 1. The molecule has 0 radical (unpaired) electrons. The van der Waals surface area contributed by atoms with Crippen molar-refractivity contribution < 1.29 is 24.6 Å². The first kappa shape index (κ1) is 21.1. The maximum absolute atomic E-state index is 12.4. The van der Waals surface area contributed by atoms with Crippen molar-refractivity contribution in [2.75, 3.05) is 13.6 Å². The molecule has 0 aromatic heterocycles. The Balaban J connectivity index is 1.63. The molecular formula is C19H29N3O5S. The molecule has 0 spiro atoms. The molecule has 8 nitrogen and oxygen atoms in total. The predicted molar refractivity (Wildman–Crippen MR) is 105 cm³/mol. The zero-order chi connectivity index (χ0) is 20.6. The summed E-state index contributed by atoms with van der Waals surface area (Å²) in [4.78, 5) is 37.7. The topological polar surface area (TPSA) is 119 Å². The van der Waals surface area contributed by atoms with Gasteiger partial charge in [0, 0.05) is 42.1 Å². The lowest BCUT2D eigenvalue weighted by atomic mass is 9.79. The van der Waals surface area contributed by atoms with E-state index in [9.17, 15) is 24.6 Å². The van der Waals surface area contributed by atoms with E-state index in [0.29, 0.717) is 12.5 Å². The van der Waals surface area contributed by atoms with Gasteiger partial charge in [-0.05, 0) is 26.2 Å². The fourth-order valence-electron chi connectivity index (χ4n) is 4.58. The van der Waals surface area contributed by atoms with Crippen LogP contribution in [0.5, 0.6) is 0 Å². The molecule has 2 amide bonds. The molecule has 3 aliphatic heterocycles. The Labute approximate surface area is 169 Å². The normalized spacial score (nSPS) is 32.9. The van der Waals surface area contributed by atoms with Crippen LogP contribution in [0.2, 0.25) is 0 Å². The number of nitrogens with one attached hydrogen (secondary N) is 2. The highest BCUT2D eigenvalue weighted by atomic mass is 32.2. The molecule has 3 heterocycles. The number of carbonyl (C=O) groups is 3. The SMILES string of the molecule is CNC(=O)CCC[C@@H]1C[C@H](SC2=C(C(=O)O)N3C(=O)[C@H]([C@@H](C)O)[C@H]3[C@H]2C)CN1. The van der Waals surface area contributed by atoms with Crippen LogP contribution in [0.1, 0.15) is 39.5 Å². The van der Waals surface area contributed by atoms with E-state index < -0.39 is 18.0 Å². The molecule has 3 aliphatic rings. The summed E-state index contributed by atoms with van der Waals surface area (Å²) in [7, 11) is 1.63. The van der Waals surface area contributed by atoms with Crippen molar-refractivity contribution in [2.24, 2.45) is 11.8 Å². The molecule has 0 unspecified atom stereocenters. The summed E-state index contributed by atoms with van der Waals surface area (Å²) in [6, 6.07) is 0.0513. The highest BCUT2D eigenvalue weighted by Gasteiger charge is 2.60. The van der Waals surface area contributed by atoms with Crippen LogP contribution in [-0.4, -0.2) is 69.9 Å². The van der Waals surface area contributed by atoms with Crippen LogP contribution >= 0.6 is 11.8 Å². The predicted octanol–water partition coefficient (Wildman–Crippen LogP) is 0.520. The lowest BCUT2D eigenvalue weighted by molar-refractivity contribution is -0.163. The van der Waals surface area contributed by atoms with Gasteiger partial charge >= 0.3 is 5.97 Å². The molecule has 2 saturated heterocycles. The molecule has 4 N–H and O–H groups in total. The van der Waals surface area contributed by atoms with Crippen LogP contribution in [0, 0.1) is 11.8 Å². The minimum atomic E-state index is -1.08. The van der Waals surface area contributed by atoms with Gasteiger partial charge in [-0.1, -0.05) is 6.92 Å². The lowest BCUT2D eigenvalue weighted by Crippen LogP contribution is -2.63. The summed E-state index contributed by atoms with van der Waals surface area (Å²) in [5.41, 5.74) is 0.0902. The molecule has 9 heteroatoms. The number of aliphatic hydroxyl groups excluding tert-OH is 1. The smallest absolute Gasteiger partial charge is 0.353 e. The Kier molecular flexibility index (Phi) is 6.36. The number of carbonyl (C=O) groups excluding carboxylic acids is 2. The van der Waals surface area contributed by atoms with Crippen molar-refractivity contribution in [2.45, 2.75) is 63.0 Å². The number of hydrogen-bond donors (Lipinski definition) is 4. The zero-order valence-electron chi connectivity index (χ0n) is 16.5. The molecule has 0 bridgehead atoms. The zero-order valence-corrected chi connectivity index (χ0v) is 17.3. The van der Waals surface area contributed by atoms with Crippen LogP contribution < -0.4 is 10.6 Å². The second-order valence-electron chi connectivity index (χ2n) is 7.92. The molecule has 3 rings (SSSR count). The second kappa shape index (κ2) is 8.42. The molecule has 28 heavy (non-hydrogen) atoms. The van der Waals surface area contributed by atoms with E-state index in [0.717, 1.165) is 30.7 Å². The van der Waals surface area contributed by atoms with Crippen LogP contribution in [-0.2, 0) is 14.4 Å². The summed E-state index contributed by atoms with van der Waals surface area (Å²) in [6.07, 6.45) is 2.35. The van der Waals surface area contributed by atoms with Crippen molar-refractivity contribution in [1.82, 2.24) is 15.5 Å². The fraction of sp³-hybridized carbons (Fsp3) is 0.737. The third-order valence-corrected chi connectivity index (χ3v) is 7.53. The Morgan fingerprint density at radius 2 is 2.14 bits per heavy atom. The number of thioether (sulfide) groups is 1. The number of carboxylic acid groups (broad SMARTS) is 1. The molecule has 156 valence electrons. The number of fused-ring (bicyclic) bond motifs is 1. The third-order valence-electron chi connectivity index (χ3n) is 6.02. The average Bonchev–Trinajstić information content (AvgIpc) is 3.16. The number of aliphatic carboxylic acids is 1. The number of β-lactam (4-membered cyclic amide) rings is 1. The molecule has 6 atom stereocenters. The van der Waals surface area contributed by atoms with E-state index >= 15 is 0 Å². The van der Waals surface area contributed by atoms with E-state index in [2.05, 4.69) is 10.6 Å². The van der Waals surface area contributed by atoms with Crippen molar-refractivity contribution in [3.8, 4) is 0 Å². The number of amides is 2. The van der Waals surface area contributed by atoms with Gasteiger partial charge in [0.05, 0.1) is 18.1 Å². The fourth-order valence-corrected chi connectivity index (χ4v) is 6.10. The van der Waals surface area contributed by atoms with E-state index in [4.69, 9.17) is 0 Å². The van der Waals surface area contributed by atoms with E-state index in [1.165, 1.54) is 4.90 Å². The standard InChI is InChI=1S/C19H29N3O5S/c1-9-15-14(10(2)23)18(25)22(15)16(19(26)27)17(9)28-12-7-11(21-8-12)5-4-6-13(24)20-3/h9-12,14-15,21,23H,4-8H2,1-3H3,(H,20,24)(H,26,27)/t9-,10-,11-,12+,14-,15-/m1/s1. The lowest BCUT2D eigenvalue weighted by Gasteiger charge is -2.46. The number of aliphatic hydroxyl groups is 1. The summed E-state index contributed by atoms with van der Waals surface area (Å²) >= 11 is 1.55. The first-order valence-electron chi connectivity index (χ1n) is 9.85. The van der Waals surface area contributed by atoms with Crippen LogP contribution in [0.4, 0.5) is 0 Å². The summed E-state index contributed by atoms with van der Waals surface area (Å²) < 4.78 is 0. The quantitative estimate of drug-likeness (QED) is 0.430. The minimum absolute atomic E-state index is 0.0433. The van der Waals surface area contributed by atoms with Crippen molar-refractivity contribution >= 4 is 29.5 Å². The second-order valence-corrected chi connectivity index (χ2v) is 9.26. The van der Waals surface area contributed by atoms with Crippen LogP contribution in [0.15, 0.2) is 10.6 Å². The maximum Gasteiger partial charge on any atom is 0.353 e.